The summed E-state index contributed by atoms with van der Waals surface area (Å²) in [5.41, 5.74) is 5.84. The Morgan fingerprint density at radius 1 is 1.18 bits per heavy atom. The highest BCUT2D eigenvalue weighted by atomic mass is 35.5. The number of nitrogens with one attached hydrogen (secondary N) is 2. The van der Waals surface area contributed by atoms with E-state index >= 15 is 0 Å². The van der Waals surface area contributed by atoms with Gasteiger partial charge in [0.05, 0.1) is 4.88 Å². The van der Waals surface area contributed by atoms with Gasteiger partial charge in [-0.25, -0.2) is 4.98 Å². The maximum absolute atomic E-state index is 11.8. The zero-order chi connectivity index (χ0) is 15.1. The Kier molecular flexibility index (Phi) is 8.03. The minimum atomic E-state index is -0.212. The van der Waals surface area contributed by atoms with Crippen molar-refractivity contribution < 1.29 is 9.59 Å². The number of hydrogen-bond donors (Lipinski definition) is 3. The number of carbonyl (C=O) groups excluding carboxylic acids is 2. The summed E-state index contributed by atoms with van der Waals surface area (Å²) in [5.74, 6) is -0.293. The minimum absolute atomic E-state index is 0. The van der Waals surface area contributed by atoms with Crippen LogP contribution in [0.5, 0.6) is 0 Å². The van der Waals surface area contributed by atoms with Crippen LogP contribution in [-0.2, 0) is 6.54 Å². The van der Waals surface area contributed by atoms with E-state index in [1.165, 1.54) is 22.7 Å². The number of amides is 2. The third-order valence-electron chi connectivity index (χ3n) is 2.63. The van der Waals surface area contributed by atoms with Crippen LogP contribution in [0.25, 0.3) is 0 Å². The number of hydrogen-bond acceptors (Lipinski definition) is 6. The third kappa shape index (κ3) is 5.38. The first-order chi connectivity index (χ1) is 10.2. The number of aromatic nitrogens is 1. The topological polar surface area (TPSA) is 97.1 Å². The van der Waals surface area contributed by atoms with E-state index < -0.39 is 0 Å². The summed E-state index contributed by atoms with van der Waals surface area (Å²) < 4.78 is 0. The van der Waals surface area contributed by atoms with Crippen LogP contribution in [0.3, 0.4) is 0 Å². The van der Waals surface area contributed by atoms with Gasteiger partial charge in [-0.15, -0.1) is 35.1 Å². The van der Waals surface area contributed by atoms with Crippen molar-refractivity contribution >= 4 is 46.9 Å². The van der Waals surface area contributed by atoms with E-state index in [4.69, 9.17) is 5.73 Å². The second-order valence-corrected chi connectivity index (χ2v) is 6.06. The maximum Gasteiger partial charge on any atom is 0.270 e. The molecule has 2 heterocycles. The van der Waals surface area contributed by atoms with E-state index in [9.17, 15) is 9.59 Å². The van der Waals surface area contributed by atoms with Gasteiger partial charge in [0, 0.05) is 25.0 Å². The Balaban J connectivity index is 0.00000242. The highest BCUT2D eigenvalue weighted by Crippen LogP contribution is 2.08. The van der Waals surface area contributed by atoms with Gasteiger partial charge in [0.25, 0.3) is 11.8 Å². The van der Waals surface area contributed by atoms with Crippen molar-refractivity contribution in [1.82, 2.24) is 15.6 Å². The molecule has 22 heavy (non-hydrogen) atoms. The number of rotatable bonds is 7. The SMILES string of the molecule is Cl.NCc1nc(C(=O)NCCCNC(=O)c2cccs2)cs1. The predicted octanol–water partition coefficient (Wildman–Crippen LogP) is 1.64. The molecule has 0 saturated carbocycles. The van der Waals surface area contributed by atoms with Gasteiger partial charge in [0.15, 0.2) is 0 Å². The van der Waals surface area contributed by atoms with Crippen LogP contribution in [-0.4, -0.2) is 29.9 Å². The first kappa shape index (κ1) is 18.6. The van der Waals surface area contributed by atoms with Crippen LogP contribution in [0.4, 0.5) is 0 Å². The normalized spacial score (nSPS) is 9.86. The number of halogens is 1. The van der Waals surface area contributed by atoms with Crippen LogP contribution < -0.4 is 16.4 Å². The molecule has 2 aromatic rings. The Hall–Kier alpha value is -1.48. The summed E-state index contributed by atoms with van der Waals surface area (Å²) >= 11 is 2.77. The molecule has 0 aromatic carbocycles. The van der Waals surface area contributed by atoms with Gasteiger partial charge in [-0.05, 0) is 17.9 Å². The first-order valence-electron chi connectivity index (χ1n) is 6.45. The molecule has 0 unspecified atom stereocenters. The van der Waals surface area contributed by atoms with Crippen LogP contribution >= 0.6 is 35.1 Å². The number of thiazole rings is 1. The van der Waals surface area contributed by atoms with Crippen molar-refractivity contribution in [3.05, 3.63) is 38.5 Å². The van der Waals surface area contributed by atoms with Crippen molar-refractivity contribution in [3.63, 3.8) is 0 Å². The van der Waals surface area contributed by atoms with Crippen LogP contribution in [0, 0.1) is 0 Å². The average molecular weight is 361 g/mol. The molecular formula is C13H17ClN4O2S2. The fraction of sp³-hybridized carbons (Fsp3) is 0.308. The Labute approximate surface area is 142 Å². The predicted molar refractivity (Wildman–Crippen MR) is 90.9 cm³/mol. The lowest BCUT2D eigenvalue weighted by Crippen LogP contribution is -2.29. The fourth-order valence-corrected chi connectivity index (χ4v) is 2.88. The molecule has 0 fully saturated rings. The van der Waals surface area contributed by atoms with E-state index in [0.717, 1.165) is 5.01 Å². The van der Waals surface area contributed by atoms with Gasteiger partial charge in [-0.2, -0.15) is 0 Å². The van der Waals surface area contributed by atoms with Gasteiger partial charge in [0.1, 0.15) is 10.7 Å². The second kappa shape index (κ2) is 9.52. The van der Waals surface area contributed by atoms with E-state index in [1.54, 1.807) is 11.4 Å². The lowest BCUT2D eigenvalue weighted by Gasteiger charge is -2.05. The van der Waals surface area contributed by atoms with Crippen molar-refractivity contribution in [2.24, 2.45) is 5.73 Å². The lowest BCUT2D eigenvalue weighted by molar-refractivity contribution is 0.0948. The summed E-state index contributed by atoms with van der Waals surface area (Å²) in [4.78, 5) is 28.2. The molecule has 120 valence electrons. The highest BCUT2D eigenvalue weighted by molar-refractivity contribution is 7.12. The molecule has 0 bridgehead atoms. The lowest BCUT2D eigenvalue weighted by atomic mass is 10.3. The van der Waals surface area contributed by atoms with E-state index in [0.29, 0.717) is 36.6 Å². The number of carbonyl (C=O) groups is 2. The Bertz CT molecular complexity index is 601. The minimum Gasteiger partial charge on any atom is -0.351 e. The number of nitrogens with two attached hydrogens (primary N) is 1. The molecule has 6 nitrogen and oxygen atoms in total. The molecule has 4 N–H and O–H groups in total. The van der Waals surface area contributed by atoms with Crippen LogP contribution in [0.2, 0.25) is 0 Å². The summed E-state index contributed by atoms with van der Waals surface area (Å²) in [6, 6.07) is 3.61. The molecule has 0 aliphatic carbocycles. The van der Waals surface area contributed by atoms with E-state index in [1.807, 2.05) is 11.4 Å². The zero-order valence-electron chi connectivity index (χ0n) is 11.7. The molecule has 2 amide bonds. The molecule has 0 aliphatic heterocycles. The molecule has 0 aliphatic rings. The van der Waals surface area contributed by atoms with Crippen molar-refractivity contribution in [3.8, 4) is 0 Å². The quantitative estimate of drug-likeness (QED) is 0.654. The molecular weight excluding hydrogens is 344 g/mol. The van der Waals surface area contributed by atoms with Crippen LogP contribution in [0.1, 0.15) is 31.6 Å². The molecule has 9 heteroatoms. The highest BCUT2D eigenvalue weighted by Gasteiger charge is 2.09. The molecule has 0 spiro atoms. The van der Waals surface area contributed by atoms with Gasteiger partial charge < -0.3 is 16.4 Å². The molecule has 0 atom stereocenters. The van der Waals surface area contributed by atoms with E-state index in [-0.39, 0.29) is 24.2 Å². The number of thiophene rings is 1. The molecule has 2 rings (SSSR count). The summed E-state index contributed by atoms with van der Waals surface area (Å²) in [6.07, 6.45) is 0.663. The molecule has 0 radical (unpaired) electrons. The van der Waals surface area contributed by atoms with Gasteiger partial charge in [-0.1, -0.05) is 6.07 Å². The van der Waals surface area contributed by atoms with Crippen molar-refractivity contribution in [2.75, 3.05) is 13.1 Å². The van der Waals surface area contributed by atoms with Gasteiger partial charge in [0.2, 0.25) is 0 Å². The average Bonchev–Trinajstić information content (AvgIpc) is 3.17. The second-order valence-electron chi connectivity index (χ2n) is 4.17. The smallest absolute Gasteiger partial charge is 0.270 e. The molecule has 2 aromatic heterocycles. The summed E-state index contributed by atoms with van der Waals surface area (Å²) in [5, 5.41) is 9.85. The maximum atomic E-state index is 11.8. The largest absolute Gasteiger partial charge is 0.351 e. The van der Waals surface area contributed by atoms with Gasteiger partial charge in [-0.3, -0.25) is 9.59 Å². The van der Waals surface area contributed by atoms with Crippen LogP contribution in [0.15, 0.2) is 22.9 Å². The Morgan fingerprint density at radius 2 is 1.91 bits per heavy atom. The van der Waals surface area contributed by atoms with Crippen molar-refractivity contribution in [2.45, 2.75) is 13.0 Å². The number of nitrogens with zero attached hydrogens (tertiary/aromatic N) is 1. The van der Waals surface area contributed by atoms with E-state index in [2.05, 4.69) is 15.6 Å². The molecule has 0 saturated heterocycles. The fourth-order valence-electron chi connectivity index (χ4n) is 1.59. The summed E-state index contributed by atoms with van der Waals surface area (Å²) in [7, 11) is 0. The monoisotopic (exact) mass is 360 g/mol. The first-order valence-corrected chi connectivity index (χ1v) is 8.21. The van der Waals surface area contributed by atoms with Gasteiger partial charge >= 0.3 is 0 Å². The third-order valence-corrected chi connectivity index (χ3v) is 4.37. The van der Waals surface area contributed by atoms with Crippen molar-refractivity contribution in [1.29, 1.82) is 0 Å². The zero-order valence-corrected chi connectivity index (χ0v) is 14.2. The summed E-state index contributed by atoms with van der Waals surface area (Å²) in [6.45, 7) is 1.34. The standard InChI is InChI=1S/C13H16N4O2S2.ClH/c14-7-11-17-9(8-21-11)12(18)15-4-2-5-16-13(19)10-3-1-6-20-10;/h1,3,6,8H,2,4-5,7,14H2,(H,15,18)(H,16,19);1H. The Morgan fingerprint density at radius 3 is 2.50 bits per heavy atom.